The molecule has 0 saturated carbocycles. The minimum atomic E-state index is 0.0198. The molecule has 1 N–H and O–H groups in total. The first-order valence-electron chi connectivity index (χ1n) is 5.50. The van der Waals surface area contributed by atoms with Gasteiger partial charge >= 0.3 is 0 Å². The predicted molar refractivity (Wildman–Crippen MR) is 63.0 cm³/mol. The first-order chi connectivity index (χ1) is 7.13. The molecule has 0 aliphatic rings. The molecule has 1 aromatic rings. The van der Waals surface area contributed by atoms with Crippen molar-refractivity contribution in [1.29, 1.82) is 0 Å². The van der Waals surface area contributed by atoms with Crippen molar-refractivity contribution in [2.75, 3.05) is 6.54 Å². The van der Waals surface area contributed by atoms with Gasteiger partial charge in [-0.3, -0.25) is 4.79 Å². The summed E-state index contributed by atoms with van der Waals surface area (Å²) in [5, 5.41) is 2.90. The Morgan fingerprint density at radius 3 is 2.33 bits per heavy atom. The Morgan fingerprint density at radius 2 is 1.87 bits per heavy atom. The van der Waals surface area contributed by atoms with E-state index in [1.807, 2.05) is 24.3 Å². The van der Waals surface area contributed by atoms with Gasteiger partial charge in [-0.1, -0.05) is 32.9 Å². The molecule has 0 aliphatic heterocycles. The van der Waals surface area contributed by atoms with Crippen molar-refractivity contribution in [2.24, 2.45) is 5.92 Å². The van der Waals surface area contributed by atoms with Crippen molar-refractivity contribution in [2.45, 2.75) is 27.2 Å². The van der Waals surface area contributed by atoms with E-state index in [1.54, 1.807) is 0 Å². The Labute approximate surface area is 91.7 Å². The van der Waals surface area contributed by atoms with E-state index in [0.29, 0.717) is 5.92 Å². The zero-order valence-corrected chi connectivity index (χ0v) is 9.71. The van der Waals surface area contributed by atoms with Crippen LogP contribution in [0.15, 0.2) is 24.3 Å². The second-order valence-electron chi connectivity index (χ2n) is 4.15. The molecule has 0 spiro atoms. The molecule has 1 rings (SSSR count). The topological polar surface area (TPSA) is 29.1 Å². The largest absolute Gasteiger partial charge is 0.352 e. The molecular weight excluding hydrogens is 186 g/mol. The highest BCUT2D eigenvalue weighted by molar-refractivity contribution is 5.94. The number of hydrogen-bond donors (Lipinski definition) is 1. The Morgan fingerprint density at radius 1 is 1.27 bits per heavy atom. The fraction of sp³-hybridized carbons (Fsp3) is 0.462. The summed E-state index contributed by atoms with van der Waals surface area (Å²) < 4.78 is 0. The maximum atomic E-state index is 11.6. The van der Waals surface area contributed by atoms with Crippen LogP contribution >= 0.6 is 0 Å². The van der Waals surface area contributed by atoms with Crippen LogP contribution in [0.4, 0.5) is 0 Å². The van der Waals surface area contributed by atoms with E-state index in [0.717, 1.165) is 18.5 Å². The highest BCUT2D eigenvalue weighted by Crippen LogP contribution is 2.05. The molecule has 0 unspecified atom stereocenters. The first-order valence-corrected chi connectivity index (χ1v) is 5.50. The van der Waals surface area contributed by atoms with Gasteiger partial charge in [0, 0.05) is 12.1 Å². The second kappa shape index (κ2) is 5.54. The van der Waals surface area contributed by atoms with Gasteiger partial charge in [0.25, 0.3) is 5.91 Å². The summed E-state index contributed by atoms with van der Waals surface area (Å²) in [4.78, 5) is 11.6. The molecule has 0 atom stereocenters. The molecule has 0 aromatic heterocycles. The highest BCUT2D eigenvalue weighted by Gasteiger charge is 2.04. The lowest BCUT2D eigenvalue weighted by Crippen LogP contribution is -2.27. The van der Waals surface area contributed by atoms with Gasteiger partial charge < -0.3 is 5.32 Å². The van der Waals surface area contributed by atoms with Crippen LogP contribution in [0.1, 0.15) is 36.7 Å². The summed E-state index contributed by atoms with van der Waals surface area (Å²) in [5.41, 5.74) is 2.00. The van der Waals surface area contributed by atoms with Crippen LogP contribution in [0.5, 0.6) is 0 Å². The third-order valence-electron chi connectivity index (χ3n) is 2.30. The van der Waals surface area contributed by atoms with Crippen molar-refractivity contribution >= 4 is 5.91 Å². The number of rotatable bonds is 4. The number of carbonyl (C=O) groups excluding carboxylic acids is 1. The average molecular weight is 205 g/mol. The molecule has 0 saturated heterocycles. The number of hydrogen-bond acceptors (Lipinski definition) is 1. The van der Waals surface area contributed by atoms with Crippen molar-refractivity contribution in [3.63, 3.8) is 0 Å². The smallest absolute Gasteiger partial charge is 0.251 e. The number of carbonyl (C=O) groups is 1. The lowest BCUT2D eigenvalue weighted by molar-refractivity contribution is 0.0949. The number of amides is 1. The van der Waals surface area contributed by atoms with E-state index < -0.39 is 0 Å². The van der Waals surface area contributed by atoms with Gasteiger partial charge in [0.2, 0.25) is 0 Å². The molecule has 0 heterocycles. The molecule has 2 nitrogen and oxygen atoms in total. The Hall–Kier alpha value is -1.31. The normalized spacial score (nSPS) is 10.4. The van der Waals surface area contributed by atoms with Gasteiger partial charge in [0.1, 0.15) is 0 Å². The van der Waals surface area contributed by atoms with Gasteiger partial charge in [-0.2, -0.15) is 0 Å². The highest BCUT2D eigenvalue weighted by atomic mass is 16.1. The summed E-state index contributed by atoms with van der Waals surface area (Å²) in [7, 11) is 0. The maximum absolute atomic E-state index is 11.6. The maximum Gasteiger partial charge on any atom is 0.251 e. The van der Waals surface area contributed by atoms with Crippen LogP contribution in [0.2, 0.25) is 0 Å². The summed E-state index contributed by atoms with van der Waals surface area (Å²) >= 11 is 0. The Bertz CT molecular complexity index is 314. The molecule has 15 heavy (non-hydrogen) atoms. The Kier molecular flexibility index (Phi) is 4.35. The standard InChI is InChI=1S/C13H19NO/c1-4-11-5-7-12(8-6-11)13(15)14-9-10(2)3/h5-8,10H,4,9H2,1-3H3,(H,14,15). The molecule has 2 heteroatoms. The van der Waals surface area contributed by atoms with Crippen LogP contribution in [-0.2, 0) is 6.42 Å². The van der Waals surface area contributed by atoms with E-state index >= 15 is 0 Å². The van der Waals surface area contributed by atoms with Gasteiger partial charge in [-0.05, 0) is 30.0 Å². The number of aryl methyl sites for hydroxylation is 1. The van der Waals surface area contributed by atoms with Crippen molar-refractivity contribution < 1.29 is 4.79 Å². The van der Waals surface area contributed by atoms with E-state index in [4.69, 9.17) is 0 Å². The third-order valence-corrected chi connectivity index (χ3v) is 2.30. The summed E-state index contributed by atoms with van der Waals surface area (Å²) in [6, 6.07) is 7.78. The van der Waals surface area contributed by atoms with E-state index in [9.17, 15) is 4.79 Å². The summed E-state index contributed by atoms with van der Waals surface area (Å²) in [5.74, 6) is 0.509. The van der Waals surface area contributed by atoms with Crippen LogP contribution in [0, 0.1) is 5.92 Å². The van der Waals surface area contributed by atoms with Crippen molar-refractivity contribution in [3.8, 4) is 0 Å². The van der Waals surface area contributed by atoms with Gasteiger partial charge in [-0.25, -0.2) is 0 Å². The van der Waals surface area contributed by atoms with E-state index in [-0.39, 0.29) is 5.91 Å². The number of benzene rings is 1. The fourth-order valence-electron chi connectivity index (χ4n) is 1.29. The van der Waals surface area contributed by atoms with Crippen LogP contribution in [-0.4, -0.2) is 12.5 Å². The van der Waals surface area contributed by atoms with Crippen molar-refractivity contribution in [1.82, 2.24) is 5.32 Å². The second-order valence-corrected chi connectivity index (χ2v) is 4.15. The molecule has 1 aromatic carbocycles. The van der Waals surface area contributed by atoms with Crippen LogP contribution in [0.3, 0.4) is 0 Å². The average Bonchev–Trinajstić information content (AvgIpc) is 2.26. The van der Waals surface area contributed by atoms with Crippen LogP contribution in [0.25, 0.3) is 0 Å². The third kappa shape index (κ3) is 3.74. The van der Waals surface area contributed by atoms with Gasteiger partial charge in [-0.15, -0.1) is 0 Å². The molecule has 1 amide bonds. The zero-order chi connectivity index (χ0) is 11.3. The lowest BCUT2D eigenvalue weighted by Gasteiger charge is -2.07. The van der Waals surface area contributed by atoms with E-state index in [2.05, 4.69) is 26.1 Å². The van der Waals surface area contributed by atoms with Gasteiger partial charge in [0.05, 0.1) is 0 Å². The monoisotopic (exact) mass is 205 g/mol. The van der Waals surface area contributed by atoms with Crippen LogP contribution < -0.4 is 5.32 Å². The Balaban J connectivity index is 2.58. The molecule has 0 radical (unpaired) electrons. The molecule has 0 aliphatic carbocycles. The zero-order valence-electron chi connectivity index (χ0n) is 9.71. The number of nitrogens with one attached hydrogen (secondary N) is 1. The van der Waals surface area contributed by atoms with Crippen molar-refractivity contribution in [3.05, 3.63) is 35.4 Å². The SMILES string of the molecule is CCc1ccc(C(=O)NCC(C)C)cc1. The van der Waals surface area contributed by atoms with Gasteiger partial charge in [0.15, 0.2) is 0 Å². The molecular formula is C13H19NO. The van der Waals surface area contributed by atoms with E-state index in [1.165, 1.54) is 5.56 Å². The molecule has 0 fully saturated rings. The summed E-state index contributed by atoms with van der Waals surface area (Å²) in [6.45, 7) is 7.00. The lowest BCUT2D eigenvalue weighted by atomic mass is 10.1. The summed E-state index contributed by atoms with van der Waals surface area (Å²) in [6.07, 6.45) is 1.01. The minimum absolute atomic E-state index is 0.0198. The fourth-order valence-corrected chi connectivity index (χ4v) is 1.29. The predicted octanol–water partition coefficient (Wildman–Crippen LogP) is 2.63. The molecule has 0 bridgehead atoms. The molecule has 82 valence electrons. The first kappa shape index (κ1) is 11.8. The minimum Gasteiger partial charge on any atom is -0.352 e. The quantitative estimate of drug-likeness (QED) is 0.804.